The van der Waals surface area contributed by atoms with Crippen LogP contribution >= 0.6 is 27.5 Å². The average Bonchev–Trinajstić information content (AvgIpc) is 2.38. The monoisotopic (exact) mass is 373 g/mol. The Balaban J connectivity index is 2.41. The molecular formula is C14H13BrClNO2S. The van der Waals surface area contributed by atoms with Crippen molar-refractivity contribution in [2.24, 2.45) is 0 Å². The van der Waals surface area contributed by atoms with E-state index in [0.29, 0.717) is 15.2 Å². The Morgan fingerprint density at radius 1 is 1.15 bits per heavy atom. The van der Waals surface area contributed by atoms with Gasteiger partial charge in [-0.15, -0.1) is 0 Å². The Hall–Kier alpha value is -1.04. The van der Waals surface area contributed by atoms with E-state index in [9.17, 15) is 8.42 Å². The molecule has 0 amide bonds. The van der Waals surface area contributed by atoms with Crippen molar-refractivity contribution in [3.8, 4) is 0 Å². The lowest BCUT2D eigenvalue weighted by Gasteiger charge is -2.12. The number of benzene rings is 2. The Morgan fingerprint density at radius 2 is 1.85 bits per heavy atom. The Morgan fingerprint density at radius 3 is 2.50 bits per heavy atom. The molecule has 0 saturated carbocycles. The normalized spacial score (nSPS) is 11.4. The van der Waals surface area contributed by atoms with Gasteiger partial charge in [0.25, 0.3) is 10.0 Å². The lowest BCUT2D eigenvalue weighted by Crippen LogP contribution is -2.14. The first kappa shape index (κ1) is 15.4. The molecule has 0 aliphatic rings. The van der Waals surface area contributed by atoms with Crippen LogP contribution in [-0.2, 0) is 10.0 Å². The van der Waals surface area contributed by atoms with Crippen LogP contribution in [0.3, 0.4) is 0 Å². The lowest BCUT2D eigenvalue weighted by molar-refractivity contribution is 0.601. The van der Waals surface area contributed by atoms with E-state index in [4.69, 9.17) is 11.6 Å². The molecule has 0 aliphatic carbocycles. The Bertz CT molecular complexity index is 760. The molecule has 0 fully saturated rings. The molecule has 0 radical (unpaired) electrons. The molecule has 0 aromatic heterocycles. The van der Waals surface area contributed by atoms with Gasteiger partial charge in [-0.3, -0.25) is 4.72 Å². The largest absolute Gasteiger partial charge is 0.279 e. The van der Waals surface area contributed by atoms with Gasteiger partial charge in [0.1, 0.15) is 0 Å². The molecule has 20 heavy (non-hydrogen) atoms. The van der Waals surface area contributed by atoms with E-state index >= 15 is 0 Å². The highest BCUT2D eigenvalue weighted by Crippen LogP contribution is 2.27. The van der Waals surface area contributed by atoms with E-state index in [1.807, 2.05) is 26.0 Å². The summed E-state index contributed by atoms with van der Waals surface area (Å²) in [6.45, 7) is 3.82. The summed E-state index contributed by atoms with van der Waals surface area (Å²) < 4.78 is 27.9. The van der Waals surface area contributed by atoms with Gasteiger partial charge in [-0.2, -0.15) is 0 Å². The standard InChI is InChI=1S/C14H13BrClNO2S/c1-9-4-3-5-14(10(9)2)17-20(18,19)11-6-7-13(16)12(15)8-11/h3-8,17H,1-2H3. The maximum atomic E-state index is 12.4. The van der Waals surface area contributed by atoms with E-state index in [1.165, 1.54) is 12.1 Å². The number of nitrogens with one attached hydrogen (secondary N) is 1. The van der Waals surface area contributed by atoms with Gasteiger partial charge in [-0.25, -0.2) is 8.42 Å². The third-order valence-corrected chi connectivity index (χ3v) is 5.63. The second-order valence-electron chi connectivity index (χ2n) is 4.43. The number of halogens is 2. The fourth-order valence-electron chi connectivity index (χ4n) is 1.71. The van der Waals surface area contributed by atoms with Crippen molar-refractivity contribution in [3.05, 3.63) is 57.0 Å². The SMILES string of the molecule is Cc1cccc(NS(=O)(=O)c2ccc(Cl)c(Br)c2)c1C. The zero-order valence-corrected chi connectivity index (χ0v) is 14.1. The van der Waals surface area contributed by atoms with Crippen molar-refractivity contribution < 1.29 is 8.42 Å². The zero-order valence-electron chi connectivity index (χ0n) is 10.9. The molecule has 0 unspecified atom stereocenters. The molecule has 0 saturated heterocycles. The molecule has 0 aliphatic heterocycles. The van der Waals surface area contributed by atoms with Crippen LogP contribution in [0.5, 0.6) is 0 Å². The first-order chi connectivity index (χ1) is 9.31. The van der Waals surface area contributed by atoms with E-state index in [0.717, 1.165) is 11.1 Å². The van der Waals surface area contributed by atoms with Gasteiger partial charge in [0.15, 0.2) is 0 Å². The third kappa shape index (κ3) is 3.16. The number of aryl methyl sites for hydroxylation is 1. The molecule has 2 aromatic carbocycles. The number of sulfonamides is 1. The minimum absolute atomic E-state index is 0.162. The predicted molar refractivity (Wildman–Crippen MR) is 85.9 cm³/mol. The van der Waals surface area contributed by atoms with E-state index < -0.39 is 10.0 Å². The summed E-state index contributed by atoms with van der Waals surface area (Å²) in [5.74, 6) is 0. The molecule has 0 atom stereocenters. The summed E-state index contributed by atoms with van der Waals surface area (Å²) in [4.78, 5) is 0.162. The van der Waals surface area contributed by atoms with Crippen LogP contribution in [0.15, 0.2) is 45.8 Å². The predicted octanol–water partition coefficient (Wildman–Crippen LogP) is 4.52. The quantitative estimate of drug-likeness (QED) is 0.858. The topological polar surface area (TPSA) is 46.2 Å². The van der Waals surface area contributed by atoms with Crippen molar-refractivity contribution >= 4 is 43.2 Å². The molecule has 3 nitrogen and oxygen atoms in total. The van der Waals surface area contributed by atoms with Crippen LogP contribution in [0.4, 0.5) is 5.69 Å². The molecule has 6 heteroatoms. The maximum absolute atomic E-state index is 12.4. The minimum atomic E-state index is -3.63. The number of hydrogen-bond donors (Lipinski definition) is 1. The zero-order chi connectivity index (χ0) is 14.9. The summed E-state index contributed by atoms with van der Waals surface area (Å²) in [7, 11) is -3.63. The van der Waals surface area contributed by atoms with Gasteiger partial charge < -0.3 is 0 Å². The van der Waals surface area contributed by atoms with Gasteiger partial charge in [-0.1, -0.05) is 23.7 Å². The summed E-state index contributed by atoms with van der Waals surface area (Å²) in [6.07, 6.45) is 0. The summed E-state index contributed by atoms with van der Waals surface area (Å²) in [5, 5.41) is 0.468. The summed E-state index contributed by atoms with van der Waals surface area (Å²) in [6, 6.07) is 9.99. The maximum Gasteiger partial charge on any atom is 0.261 e. The molecule has 2 rings (SSSR count). The fraction of sp³-hybridized carbons (Fsp3) is 0.143. The molecule has 0 bridgehead atoms. The van der Waals surface area contributed by atoms with Crippen LogP contribution < -0.4 is 4.72 Å². The van der Waals surface area contributed by atoms with E-state index in [-0.39, 0.29) is 4.90 Å². The fourth-order valence-corrected chi connectivity index (χ4v) is 3.51. The number of rotatable bonds is 3. The summed E-state index contributed by atoms with van der Waals surface area (Å²) in [5.41, 5.74) is 2.52. The van der Waals surface area contributed by atoms with E-state index in [1.54, 1.807) is 12.1 Å². The van der Waals surface area contributed by atoms with Crippen molar-refractivity contribution in [3.63, 3.8) is 0 Å². The highest BCUT2D eigenvalue weighted by atomic mass is 79.9. The van der Waals surface area contributed by atoms with Gasteiger partial charge >= 0.3 is 0 Å². The van der Waals surface area contributed by atoms with Crippen LogP contribution in [0.2, 0.25) is 5.02 Å². The second kappa shape index (κ2) is 5.76. The first-order valence-electron chi connectivity index (χ1n) is 5.85. The van der Waals surface area contributed by atoms with Gasteiger partial charge in [0.05, 0.1) is 15.6 Å². The average molecular weight is 375 g/mol. The smallest absolute Gasteiger partial charge is 0.261 e. The molecule has 106 valence electrons. The first-order valence-corrected chi connectivity index (χ1v) is 8.51. The minimum Gasteiger partial charge on any atom is -0.279 e. The molecule has 1 N–H and O–H groups in total. The summed E-state index contributed by atoms with van der Waals surface area (Å²) >= 11 is 9.10. The third-order valence-electron chi connectivity index (χ3n) is 3.05. The van der Waals surface area contributed by atoms with Crippen LogP contribution in [-0.4, -0.2) is 8.42 Å². The molecule has 0 heterocycles. The number of hydrogen-bond acceptors (Lipinski definition) is 2. The second-order valence-corrected chi connectivity index (χ2v) is 7.37. The number of anilines is 1. The van der Waals surface area contributed by atoms with Gasteiger partial charge in [0.2, 0.25) is 0 Å². The van der Waals surface area contributed by atoms with E-state index in [2.05, 4.69) is 20.7 Å². The Labute approximate surface area is 132 Å². The Kier molecular flexibility index (Phi) is 4.42. The van der Waals surface area contributed by atoms with Crippen LogP contribution in [0, 0.1) is 13.8 Å². The van der Waals surface area contributed by atoms with Crippen molar-refractivity contribution in [2.75, 3.05) is 4.72 Å². The lowest BCUT2D eigenvalue weighted by atomic mass is 10.1. The van der Waals surface area contributed by atoms with Crippen molar-refractivity contribution in [1.29, 1.82) is 0 Å². The molecule has 0 spiro atoms. The van der Waals surface area contributed by atoms with Crippen molar-refractivity contribution in [1.82, 2.24) is 0 Å². The molecule has 2 aromatic rings. The van der Waals surface area contributed by atoms with Crippen LogP contribution in [0.1, 0.15) is 11.1 Å². The van der Waals surface area contributed by atoms with Gasteiger partial charge in [0, 0.05) is 4.47 Å². The van der Waals surface area contributed by atoms with Crippen LogP contribution in [0.25, 0.3) is 0 Å². The van der Waals surface area contributed by atoms with Gasteiger partial charge in [-0.05, 0) is 65.2 Å². The highest BCUT2D eigenvalue weighted by Gasteiger charge is 2.16. The van der Waals surface area contributed by atoms with Crippen molar-refractivity contribution in [2.45, 2.75) is 18.7 Å². The molecular weight excluding hydrogens is 362 g/mol. The highest BCUT2D eigenvalue weighted by molar-refractivity contribution is 9.10.